The first kappa shape index (κ1) is 57.3. The van der Waals surface area contributed by atoms with Crippen LogP contribution in [0.5, 0.6) is 23.0 Å². The number of H-pyrrole nitrogens is 2. The van der Waals surface area contributed by atoms with Crippen LogP contribution in [0.4, 0.5) is 0 Å². The van der Waals surface area contributed by atoms with Crippen LogP contribution >= 0.6 is 0 Å². The topological polar surface area (TPSA) is 97.5 Å². The van der Waals surface area contributed by atoms with E-state index in [2.05, 4.69) is 224 Å². The summed E-state index contributed by atoms with van der Waals surface area (Å²) >= 11 is 0. The van der Waals surface area contributed by atoms with Gasteiger partial charge in [-0.25, -0.2) is 9.97 Å². The second-order valence-corrected chi connectivity index (χ2v) is 23.7. The van der Waals surface area contributed by atoms with Gasteiger partial charge in [0.15, 0.2) is 0 Å². The predicted octanol–water partition coefficient (Wildman–Crippen LogP) is 15.3. The first-order valence-corrected chi connectivity index (χ1v) is 29.0. The minimum Gasteiger partial charge on any atom is -0.494 e. The van der Waals surface area contributed by atoms with Gasteiger partial charge in [0.05, 0.1) is 105 Å². The van der Waals surface area contributed by atoms with Gasteiger partial charge in [0.1, 0.15) is 23.0 Å². The SMILES string of the molecule is CCCCCCCCOc1ccc(-c2c3nc(c(-c4ccc(OCCC[N+](C)(C)C)cc4)c4ccc([nH]4)c(-c4ccc(OCCC[N+](C)(C)C)cc4)c4nc(c(-c5ccc(OCCCN(C)C)cc5)c5ccc2[nH]5)C=C4)C=C3)cc1. The van der Waals surface area contributed by atoms with Gasteiger partial charge in [-0.2, -0.15) is 0 Å². The lowest BCUT2D eigenvalue weighted by Gasteiger charge is -2.23. The first-order chi connectivity index (χ1) is 38.7. The molecule has 80 heavy (non-hydrogen) atoms. The maximum absolute atomic E-state index is 6.31. The quantitative estimate of drug-likeness (QED) is 0.0391. The van der Waals surface area contributed by atoms with Gasteiger partial charge in [0.2, 0.25) is 0 Å². The third kappa shape index (κ3) is 15.5. The van der Waals surface area contributed by atoms with Crippen LogP contribution in [-0.4, -0.2) is 136 Å². The van der Waals surface area contributed by atoms with Crippen LogP contribution < -0.4 is 18.9 Å². The lowest BCUT2D eigenvalue weighted by molar-refractivity contribution is -0.870. The summed E-state index contributed by atoms with van der Waals surface area (Å²) in [6.45, 7) is 7.95. The number of aromatic nitrogens is 4. The summed E-state index contributed by atoms with van der Waals surface area (Å²) in [7, 11) is 17.5. The van der Waals surface area contributed by atoms with E-state index in [9.17, 15) is 0 Å². The molecule has 3 aromatic heterocycles. The van der Waals surface area contributed by atoms with Gasteiger partial charge < -0.3 is 42.8 Å². The molecule has 8 bridgehead atoms. The van der Waals surface area contributed by atoms with Crippen molar-refractivity contribution in [2.75, 3.05) is 102 Å². The van der Waals surface area contributed by atoms with Gasteiger partial charge in [0.25, 0.3) is 0 Å². The number of rotatable bonds is 27. The van der Waals surface area contributed by atoms with Crippen LogP contribution in [0.3, 0.4) is 0 Å². The fourth-order valence-corrected chi connectivity index (χ4v) is 10.4. The molecule has 2 aliphatic heterocycles. The maximum atomic E-state index is 6.31. The van der Waals surface area contributed by atoms with Gasteiger partial charge in [-0.15, -0.1) is 0 Å². The van der Waals surface area contributed by atoms with Crippen molar-refractivity contribution in [3.63, 3.8) is 0 Å². The van der Waals surface area contributed by atoms with E-state index >= 15 is 0 Å². The Bertz CT molecular complexity index is 3380. The van der Waals surface area contributed by atoms with Crippen molar-refractivity contribution in [3.05, 3.63) is 144 Å². The molecule has 11 heteroatoms. The van der Waals surface area contributed by atoms with Crippen molar-refractivity contribution in [2.24, 2.45) is 0 Å². The Balaban J connectivity index is 1.21. The predicted molar refractivity (Wildman–Crippen MR) is 334 cm³/mol. The number of benzene rings is 4. The summed E-state index contributed by atoms with van der Waals surface area (Å²) < 4.78 is 26.9. The van der Waals surface area contributed by atoms with E-state index in [4.69, 9.17) is 28.9 Å². The van der Waals surface area contributed by atoms with E-state index in [-0.39, 0.29) is 0 Å². The number of hydrogen-bond donors (Lipinski definition) is 2. The number of nitrogens with one attached hydrogen (secondary N) is 2. The number of quaternary nitrogens is 2. The molecule has 0 aliphatic carbocycles. The molecule has 0 radical (unpaired) electrons. The number of ether oxygens (including phenoxy) is 4. The van der Waals surface area contributed by atoms with Crippen molar-refractivity contribution in [1.82, 2.24) is 24.8 Å². The molecular formula is C69H85N7O4+2. The molecule has 9 rings (SSSR count). The fourth-order valence-electron chi connectivity index (χ4n) is 10.4. The Morgan fingerprint density at radius 2 is 0.650 bits per heavy atom. The summed E-state index contributed by atoms with van der Waals surface area (Å²) in [5.74, 6) is 3.39. The maximum Gasteiger partial charge on any atom is 0.119 e. The number of aromatic amines is 2. The Morgan fingerprint density at radius 3 is 0.950 bits per heavy atom. The molecular weight excluding hydrogens is 991 g/mol. The van der Waals surface area contributed by atoms with Crippen LogP contribution in [0.1, 0.15) is 87.5 Å². The van der Waals surface area contributed by atoms with Crippen molar-refractivity contribution in [2.45, 2.75) is 64.7 Å². The Kier molecular flexibility index (Phi) is 19.1. The summed E-state index contributed by atoms with van der Waals surface area (Å²) in [4.78, 5) is 21.2. The molecule has 2 aliphatic rings. The molecule has 4 aromatic carbocycles. The molecule has 0 unspecified atom stereocenters. The van der Waals surface area contributed by atoms with E-state index < -0.39 is 0 Å². The van der Waals surface area contributed by atoms with Crippen LogP contribution in [0.2, 0.25) is 0 Å². The van der Waals surface area contributed by atoms with Crippen molar-refractivity contribution < 1.29 is 27.9 Å². The largest absolute Gasteiger partial charge is 0.494 e. The minimum absolute atomic E-state index is 0.644. The third-order valence-corrected chi connectivity index (χ3v) is 14.6. The zero-order chi connectivity index (χ0) is 56.1. The van der Waals surface area contributed by atoms with Crippen LogP contribution in [0.25, 0.3) is 90.9 Å². The van der Waals surface area contributed by atoms with Crippen molar-refractivity contribution in [1.29, 1.82) is 0 Å². The lowest BCUT2D eigenvalue weighted by Crippen LogP contribution is -2.36. The minimum atomic E-state index is 0.644. The highest BCUT2D eigenvalue weighted by Crippen LogP contribution is 2.40. The molecule has 418 valence electrons. The average molecular weight is 1080 g/mol. The fraction of sp³-hybridized carbons (Fsp3) is 0.362. The zero-order valence-electron chi connectivity index (χ0n) is 49.0. The molecule has 7 aromatic rings. The highest BCUT2D eigenvalue weighted by atomic mass is 16.5. The van der Waals surface area contributed by atoms with Crippen molar-refractivity contribution >= 4 is 46.4 Å². The molecule has 0 spiro atoms. The smallest absolute Gasteiger partial charge is 0.119 e. The normalized spacial score (nSPS) is 12.4. The van der Waals surface area contributed by atoms with Gasteiger partial charge in [-0.05, 0) is 146 Å². The Labute approximate surface area is 475 Å². The molecule has 2 N–H and O–H groups in total. The van der Waals surface area contributed by atoms with E-state index in [1.165, 1.54) is 32.1 Å². The number of nitrogens with zero attached hydrogens (tertiary/aromatic N) is 5. The molecule has 11 nitrogen and oxygen atoms in total. The van der Waals surface area contributed by atoms with Crippen LogP contribution in [0.15, 0.2) is 121 Å². The second-order valence-electron chi connectivity index (χ2n) is 23.7. The van der Waals surface area contributed by atoms with E-state index in [0.717, 1.165) is 167 Å². The van der Waals surface area contributed by atoms with Gasteiger partial charge in [-0.3, -0.25) is 0 Å². The summed E-state index contributed by atoms with van der Waals surface area (Å²) in [6.07, 6.45) is 18.8. The molecule has 0 saturated heterocycles. The van der Waals surface area contributed by atoms with Crippen LogP contribution in [0, 0.1) is 0 Å². The number of fused-ring (bicyclic) bond motifs is 8. The van der Waals surface area contributed by atoms with E-state index in [1.54, 1.807) is 0 Å². The molecule has 0 saturated carbocycles. The number of unbranched alkanes of at least 4 members (excludes halogenated alkanes) is 5. The van der Waals surface area contributed by atoms with Gasteiger partial charge >= 0.3 is 0 Å². The molecule has 0 fully saturated rings. The van der Waals surface area contributed by atoms with Crippen molar-refractivity contribution in [3.8, 4) is 67.5 Å². The Morgan fingerprint density at radius 1 is 0.362 bits per heavy atom. The standard InChI is InChI=1S/C69H85N7O4/c1-10-11-12-13-14-15-46-77-54-27-19-50(20-28-54)66-58-35-37-60(70-58)67(51-21-29-55(30-22-51)78-47-16-43-74(2)3)61-38-40-63(72-61)69(53-25-33-57(34-26-53)80-49-18-45-76(7,8)9)65-42-41-64(73-65)68(62-39-36-59(66)71-62)52-23-31-56(32-24-52)79-48-17-44-75(4,5)6/h19-42,70,73H,10-18,43-49H2,1-9H3/q+2. The molecule has 5 heterocycles. The lowest BCUT2D eigenvalue weighted by atomic mass is 10.0. The highest BCUT2D eigenvalue weighted by molar-refractivity contribution is 6.00. The van der Waals surface area contributed by atoms with E-state index in [1.807, 2.05) is 0 Å². The highest BCUT2D eigenvalue weighted by Gasteiger charge is 2.20. The second kappa shape index (κ2) is 26.7. The summed E-state index contributed by atoms with van der Waals surface area (Å²) in [5, 5.41) is 0. The zero-order valence-corrected chi connectivity index (χ0v) is 49.0. The number of hydrogen-bond acceptors (Lipinski definition) is 7. The monoisotopic (exact) mass is 1080 g/mol. The average Bonchev–Trinajstić information content (AvgIpc) is 4.39. The first-order valence-electron chi connectivity index (χ1n) is 29.0. The molecule has 0 amide bonds. The van der Waals surface area contributed by atoms with Gasteiger partial charge in [0, 0.05) is 63.7 Å². The third-order valence-electron chi connectivity index (χ3n) is 14.6. The molecule has 0 atom stereocenters. The van der Waals surface area contributed by atoms with E-state index in [0.29, 0.717) is 26.4 Å². The van der Waals surface area contributed by atoms with Gasteiger partial charge in [-0.1, -0.05) is 87.6 Å². The Hall–Kier alpha value is -7.44. The summed E-state index contributed by atoms with van der Waals surface area (Å²) in [6, 6.07) is 42.6. The van der Waals surface area contributed by atoms with Crippen LogP contribution in [-0.2, 0) is 0 Å². The summed E-state index contributed by atoms with van der Waals surface area (Å²) in [5.41, 5.74) is 15.1.